The van der Waals surface area contributed by atoms with Gasteiger partial charge in [0.15, 0.2) is 5.96 Å². The summed E-state index contributed by atoms with van der Waals surface area (Å²) in [5.74, 6) is 1.72. The van der Waals surface area contributed by atoms with Crippen LogP contribution in [0.4, 0.5) is 5.82 Å². The molecule has 0 unspecified atom stereocenters. The van der Waals surface area contributed by atoms with Gasteiger partial charge < -0.3 is 10.6 Å². The van der Waals surface area contributed by atoms with Crippen molar-refractivity contribution < 1.29 is 0 Å². The molecule has 0 aliphatic carbocycles. The maximum absolute atomic E-state index is 4.23. The Morgan fingerprint density at radius 3 is 3.08 bits per heavy atom. The van der Waals surface area contributed by atoms with Crippen LogP contribution in [0.2, 0.25) is 0 Å². The highest BCUT2D eigenvalue weighted by atomic mass is 79.9. The Kier molecular flexibility index (Phi) is 2.22. The number of guanidine groups is 1. The van der Waals surface area contributed by atoms with E-state index in [0.29, 0.717) is 0 Å². The molecule has 5 nitrogen and oxygen atoms in total. The first kappa shape index (κ1) is 8.55. The van der Waals surface area contributed by atoms with Crippen LogP contribution in [0.15, 0.2) is 15.7 Å². The van der Waals surface area contributed by atoms with Gasteiger partial charge in [0.2, 0.25) is 0 Å². The molecule has 2 rings (SSSR count). The smallest absolute Gasteiger partial charge is 0.197 e. The van der Waals surface area contributed by atoms with Gasteiger partial charge in [-0.3, -0.25) is 9.67 Å². The molecular weight excluding hydrogens is 234 g/mol. The van der Waals surface area contributed by atoms with Crippen molar-refractivity contribution in [3.05, 3.63) is 10.7 Å². The van der Waals surface area contributed by atoms with Gasteiger partial charge in [0.1, 0.15) is 5.82 Å². The van der Waals surface area contributed by atoms with Crippen LogP contribution >= 0.6 is 15.9 Å². The molecule has 70 valence electrons. The van der Waals surface area contributed by atoms with E-state index in [-0.39, 0.29) is 0 Å². The van der Waals surface area contributed by atoms with Gasteiger partial charge in [0.25, 0.3) is 0 Å². The van der Waals surface area contributed by atoms with E-state index in [1.165, 1.54) is 0 Å². The number of nitrogens with zero attached hydrogens (tertiary/aromatic N) is 3. The van der Waals surface area contributed by atoms with Crippen molar-refractivity contribution >= 4 is 27.7 Å². The first-order valence-electron chi connectivity index (χ1n) is 4.00. The molecule has 0 spiro atoms. The van der Waals surface area contributed by atoms with E-state index in [2.05, 4.69) is 36.7 Å². The second kappa shape index (κ2) is 3.37. The minimum atomic E-state index is 0.810. The maximum Gasteiger partial charge on any atom is 0.197 e. The van der Waals surface area contributed by atoms with Crippen molar-refractivity contribution in [2.45, 2.75) is 0 Å². The fourth-order valence-corrected chi connectivity index (χ4v) is 1.59. The van der Waals surface area contributed by atoms with Crippen LogP contribution < -0.4 is 10.6 Å². The summed E-state index contributed by atoms with van der Waals surface area (Å²) in [5, 5.41) is 10.4. The summed E-state index contributed by atoms with van der Waals surface area (Å²) < 4.78 is 2.69. The molecule has 0 aromatic carbocycles. The molecular formula is C7H10BrN5. The number of hydrogen-bond acceptors (Lipinski definition) is 4. The Morgan fingerprint density at radius 1 is 1.69 bits per heavy atom. The third-order valence-electron chi connectivity index (χ3n) is 1.81. The SMILES string of the molecule is Cn1ncc(Br)c1NC1=NCCN1. The minimum absolute atomic E-state index is 0.810. The van der Waals surface area contributed by atoms with Gasteiger partial charge in [-0.2, -0.15) is 5.10 Å². The van der Waals surface area contributed by atoms with E-state index in [1.807, 2.05) is 7.05 Å². The quantitative estimate of drug-likeness (QED) is 0.758. The van der Waals surface area contributed by atoms with Crippen LogP contribution in [0.5, 0.6) is 0 Å². The minimum Gasteiger partial charge on any atom is -0.354 e. The molecule has 0 fully saturated rings. The topological polar surface area (TPSA) is 54.2 Å². The van der Waals surface area contributed by atoms with E-state index < -0.39 is 0 Å². The summed E-state index contributed by atoms with van der Waals surface area (Å²) in [6.45, 7) is 1.73. The number of aryl methyl sites for hydroxylation is 1. The lowest BCUT2D eigenvalue weighted by atomic mass is 10.6. The molecule has 0 saturated heterocycles. The second-order valence-electron chi connectivity index (χ2n) is 2.75. The van der Waals surface area contributed by atoms with E-state index in [1.54, 1.807) is 10.9 Å². The molecule has 1 aliphatic rings. The molecule has 13 heavy (non-hydrogen) atoms. The highest BCUT2D eigenvalue weighted by molar-refractivity contribution is 9.10. The van der Waals surface area contributed by atoms with Crippen LogP contribution in [-0.2, 0) is 7.05 Å². The summed E-state index contributed by atoms with van der Waals surface area (Å²) in [6, 6.07) is 0. The zero-order chi connectivity index (χ0) is 9.26. The molecule has 1 aromatic heterocycles. The van der Waals surface area contributed by atoms with Crippen LogP contribution in [0.1, 0.15) is 0 Å². The fourth-order valence-electron chi connectivity index (χ4n) is 1.15. The van der Waals surface area contributed by atoms with E-state index >= 15 is 0 Å². The summed E-state index contributed by atoms with van der Waals surface area (Å²) in [4.78, 5) is 4.23. The average molecular weight is 244 g/mol. The lowest BCUT2D eigenvalue weighted by molar-refractivity contribution is 0.776. The predicted octanol–water partition coefficient (Wildman–Crippen LogP) is 0.554. The monoisotopic (exact) mass is 243 g/mol. The van der Waals surface area contributed by atoms with Crippen LogP contribution in [-0.4, -0.2) is 28.8 Å². The molecule has 0 bridgehead atoms. The van der Waals surface area contributed by atoms with Crippen LogP contribution in [0.3, 0.4) is 0 Å². The number of halogens is 1. The highest BCUT2D eigenvalue weighted by Crippen LogP contribution is 2.20. The lowest BCUT2D eigenvalue weighted by Crippen LogP contribution is -2.27. The Hall–Kier alpha value is -1.04. The van der Waals surface area contributed by atoms with Gasteiger partial charge in [0, 0.05) is 13.6 Å². The third kappa shape index (κ3) is 1.67. The van der Waals surface area contributed by atoms with Crippen molar-refractivity contribution in [1.82, 2.24) is 15.1 Å². The number of nitrogens with one attached hydrogen (secondary N) is 2. The van der Waals surface area contributed by atoms with Crippen LogP contribution in [0, 0.1) is 0 Å². The molecule has 0 atom stereocenters. The summed E-state index contributed by atoms with van der Waals surface area (Å²) >= 11 is 3.40. The molecule has 0 radical (unpaired) electrons. The lowest BCUT2D eigenvalue weighted by Gasteiger charge is -2.06. The fraction of sp³-hybridized carbons (Fsp3) is 0.429. The van der Waals surface area contributed by atoms with E-state index in [0.717, 1.165) is 29.3 Å². The standard InChI is InChI=1S/C7H10BrN5/c1-13-6(5(8)4-11-13)12-7-9-2-3-10-7/h4H,2-3H2,1H3,(H2,9,10,12). The second-order valence-corrected chi connectivity index (χ2v) is 3.60. The Labute approximate surface area is 84.4 Å². The van der Waals surface area contributed by atoms with Gasteiger partial charge >= 0.3 is 0 Å². The van der Waals surface area contributed by atoms with Gasteiger partial charge in [-0.25, -0.2) is 0 Å². The Bertz CT molecular complexity index is 323. The summed E-state index contributed by atoms with van der Waals surface area (Å²) in [5.41, 5.74) is 0. The van der Waals surface area contributed by atoms with Crippen LogP contribution in [0.25, 0.3) is 0 Å². The number of aliphatic imine (C=N–C) groups is 1. The van der Waals surface area contributed by atoms with Gasteiger partial charge in [-0.05, 0) is 15.9 Å². The molecule has 2 heterocycles. The Morgan fingerprint density at radius 2 is 2.54 bits per heavy atom. The third-order valence-corrected chi connectivity index (χ3v) is 2.39. The summed E-state index contributed by atoms with van der Waals surface area (Å²) in [6.07, 6.45) is 1.75. The van der Waals surface area contributed by atoms with Crippen molar-refractivity contribution in [2.75, 3.05) is 18.4 Å². The zero-order valence-electron chi connectivity index (χ0n) is 7.21. The van der Waals surface area contributed by atoms with Gasteiger partial charge in [-0.1, -0.05) is 0 Å². The number of aromatic nitrogens is 2. The molecule has 0 amide bonds. The largest absolute Gasteiger partial charge is 0.354 e. The highest BCUT2D eigenvalue weighted by Gasteiger charge is 2.10. The maximum atomic E-state index is 4.23. The van der Waals surface area contributed by atoms with Crippen molar-refractivity contribution in [2.24, 2.45) is 12.0 Å². The zero-order valence-corrected chi connectivity index (χ0v) is 8.80. The average Bonchev–Trinajstić information content (AvgIpc) is 2.70. The number of rotatable bonds is 1. The first-order valence-corrected chi connectivity index (χ1v) is 4.79. The molecule has 6 heteroatoms. The first-order chi connectivity index (χ1) is 6.27. The van der Waals surface area contributed by atoms with E-state index in [9.17, 15) is 0 Å². The van der Waals surface area contributed by atoms with Gasteiger partial charge in [-0.15, -0.1) is 0 Å². The summed E-state index contributed by atoms with van der Waals surface area (Å²) in [7, 11) is 1.88. The Balaban J connectivity index is 2.16. The van der Waals surface area contributed by atoms with Crippen molar-refractivity contribution in [1.29, 1.82) is 0 Å². The van der Waals surface area contributed by atoms with E-state index in [4.69, 9.17) is 0 Å². The molecule has 0 saturated carbocycles. The van der Waals surface area contributed by atoms with Crippen molar-refractivity contribution in [3.63, 3.8) is 0 Å². The normalized spacial score (nSPS) is 15.4. The molecule has 1 aliphatic heterocycles. The number of hydrogen-bond donors (Lipinski definition) is 2. The molecule has 2 N–H and O–H groups in total. The molecule has 1 aromatic rings. The van der Waals surface area contributed by atoms with Crippen molar-refractivity contribution in [3.8, 4) is 0 Å². The predicted molar refractivity (Wildman–Crippen MR) is 54.8 cm³/mol. The number of anilines is 1. The van der Waals surface area contributed by atoms with Gasteiger partial charge in [0.05, 0.1) is 17.2 Å².